The summed E-state index contributed by atoms with van der Waals surface area (Å²) in [6.45, 7) is 0.902. The van der Waals surface area contributed by atoms with E-state index in [0.29, 0.717) is 24.4 Å². The fourth-order valence-electron chi connectivity index (χ4n) is 3.53. The standard InChI is InChI=1S/C18H20N4O3/c1-20(2)18(24)16-13-9-22(10-15(13)25-19-16)17(23)12-4-5-14-11(8-12)6-7-21(14)3/h4-8,13,15H,9-10H2,1-3H3/t13-,15+/m0/s1. The van der Waals surface area contributed by atoms with Gasteiger partial charge in [0.25, 0.3) is 11.8 Å². The number of hydrogen-bond acceptors (Lipinski definition) is 4. The highest BCUT2D eigenvalue weighted by molar-refractivity contribution is 6.40. The van der Waals surface area contributed by atoms with E-state index < -0.39 is 0 Å². The molecular formula is C18H20N4O3. The first-order valence-corrected chi connectivity index (χ1v) is 8.25. The fourth-order valence-corrected chi connectivity index (χ4v) is 3.53. The molecule has 0 radical (unpaired) electrons. The second-order valence-corrected chi connectivity index (χ2v) is 6.84. The Kier molecular flexibility index (Phi) is 3.52. The first-order chi connectivity index (χ1) is 12.0. The molecule has 0 aliphatic carbocycles. The smallest absolute Gasteiger partial charge is 0.271 e. The van der Waals surface area contributed by atoms with Gasteiger partial charge in [-0.25, -0.2) is 0 Å². The van der Waals surface area contributed by atoms with Gasteiger partial charge < -0.3 is 19.2 Å². The van der Waals surface area contributed by atoms with E-state index in [1.165, 1.54) is 4.90 Å². The number of amides is 2. The minimum atomic E-state index is -0.233. The molecule has 2 aliphatic heterocycles. The molecule has 1 saturated heterocycles. The van der Waals surface area contributed by atoms with Gasteiger partial charge in [-0.05, 0) is 24.3 Å². The molecule has 0 spiro atoms. The molecule has 2 aliphatic rings. The van der Waals surface area contributed by atoms with Crippen molar-refractivity contribution in [2.45, 2.75) is 6.10 Å². The van der Waals surface area contributed by atoms with Crippen LogP contribution in [0.3, 0.4) is 0 Å². The lowest BCUT2D eigenvalue weighted by Gasteiger charge is -2.17. The zero-order chi connectivity index (χ0) is 17.7. The third kappa shape index (κ3) is 2.47. The number of benzene rings is 1. The predicted octanol–water partition coefficient (Wildman–Crippen LogP) is 1.09. The number of aryl methyl sites for hydroxylation is 1. The van der Waals surface area contributed by atoms with Gasteiger partial charge >= 0.3 is 0 Å². The summed E-state index contributed by atoms with van der Waals surface area (Å²) in [6.07, 6.45) is 1.74. The van der Waals surface area contributed by atoms with E-state index in [0.717, 1.165) is 10.9 Å². The van der Waals surface area contributed by atoms with Crippen molar-refractivity contribution in [3.8, 4) is 0 Å². The van der Waals surface area contributed by atoms with E-state index in [2.05, 4.69) is 5.16 Å². The first-order valence-electron chi connectivity index (χ1n) is 8.25. The van der Waals surface area contributed by atoms with Gasteiger partial charge in [0, 0.05) is 50.4 Å². The van der Waals surface area contributed by atoms with Gasteiger partial charge in [-0.1, -0.05) is 5.16 Å². The van der Waals surface area contributed by atoms with Crippen molar-refractivity contribution in [1.82, 2.24) is 14.4 Å². The Morgan fingerprint density at radius 2 is 2.04 bits per heavy atom. The Morgan fingerprint density at radius 1 is 1.24 bits per heavy atom. The molecule has 1 aromatic carbocycles. The van der Waals surface area contributed by atoms with Crippen molar-refractivity contribution in [3.05, 3.63) is 36.0 Å². The molecule has 0 saturated carbocycles. The fraction of sp³-hybridized carbons (Fsp3) is 0.389. The van der Waals surface area contributed by atoms with Gasteiger partial charge in [-0.15, -0.1) is 0 Å². The van der Waals surface area contributed by atoms with E-state index in [-0.39, 0.29) is 23.8 Å². The number of aromatic nitrogens is 1. The molecule has 0 bridgehead atoms. The summed E-state index contributed by atoms with van der Waals surface area (Å²) in [4.78, 5) is 33.7. The van der Waals surface area contributed by atoms with Crippen LogP contribution in [0, 0.1) is 5.92 Å². The van der Waals surface area contributed by atoms with Crippen molar-refractivity contribution < 1.29 is 14.4 Å². The third-order valence-corrected chi connectivity index (χ3v) is 4.95. The number of oxime groups is 1. The van der Waals surface area contributed by atoms with Crippen molar-refractivity contribution in [2.75, 3.05) is 27.2 Å². The summed E-state index contributed by atoms with van der Waals surface area (Å²) in [5.74, 6) is -0.354. The quantitative estimate of drug-likeness (QED) is 0.822. The van der Waals surface area contributed by atoms with Crippen molar-refractivity contribution >= 4 is 28.4 Å². The number of carbonyl (C=O) groups excluding carboxylic acids is 2. The highest BCUT2D eigenvalue weighted by atomic mass is 16.6. The molecule has 25 heavy (non-hydrogen) atoms. The Labute approximate surface area is 145 Å². The predicted molar refractivity (Wildman–Crippen MR) is 93.3 cm³/mol. The summed E-state index contributed by atoms with van der Waals surface area (Å²) in [5, 5.41) is 4.97. The van der Waals surface area contributed by atoms with Gasteiger partial charge in [0.2, 0.25) is 0 Å². The molecule has 3 heterocycles. The molecule has 1 aromatic heterocycles. The molecule has 4 rings (SSSR count). The van der Waals surface area contributed by atoms with Crippen molar-refractivity contribution in [1.29, 1.82) is 0 Å². The Morgan fingerprint density at radius 3 is 2.80 bits per heavy atom. The lowest BCUT2D eigenvalue weighted by Crippen LogP contribution is -2.36. The summed E-state index contributed by atoms with van der Waals surface area (Å²) in [6, 6.07) is 7.71. The SMILES string of the molecule is CN(C)C(=O)C1=NO[C@@H]2CN(C(=O)c3ccc4c(ccn4C)c3)C[C@H]12. The zero-order valence-corrected chi connectivity index (χ0v) is 14.5. The average molecular weight is 340 g/mol. The van der Waals surface area contributed by atoms with Crippen molar-refractivity contribution in [2.24, 2.45) is 18.1 Å². The van der Waals surface area contributed by atoms with Gasteiger partial charge in [-0.3, -0.25) is 9.59 Å². The van der Waals surface area contributed by atoms with Gasteiger partial charge in [0.05, 0.1) is 12.5 Å². The summed E-state index contributed by atoms with van der Waals surface area (Å²) in [5.41, 5.74) is 2.14. The molecule has 7 nitrogen and oxygen atoms in total. The van der Waals surface area contributed by atoms with Gasteiger partial charge in [0.15, 0.2) is 11.8 Å². The summed E-state index contributed by atoms with van der Waals surface area (Å²) < 4.78 is 2.02. The second-order valence-electron chi connectivity index (χ2n) is 6.84. The Hall–Kier alpha value is -2.83. The molecule has 130 valence electrons. The average Bonchev–Trinajstić information content (AvgIpc) is 3.27. The number of likely N-dealkylation sites (tertiary alicyclic amines) is 1. The number of hydrogen-bond donors (Lipinski definition) is 0. The largest absolute Gasteiger partial charge is 0.389 e. The monoisotopic (exact) mass is 340 g/mol. The molecule has 1 fully saturated rings. The molecule has 2 atom stereocenters. The molecule has 7 heteroatoms. The van der Waals surface area contributed by atoms with Crippen LogP contribution in [0.15, 0.2) is 35.6 Å². The maximum absolute atomic E-state index is 12.9. The van der Waals surface area contributed by atoms with Crippen molar-refractivity contribution in [3.63, 3.8) is 0 Å². The third-order valence-electron chi connectivity index (χ3n) is 4.95. The van der Waals surface area contributed by atoms with Crippen LogP contribution in [0.25, 0.3) is 10.9 Å². The topological polar surface area (TPSA) is 67.1 Å². The van der Waals surface area contributed by atoms with Crippen LogP contribution in [0.4, 0.5) is 0 Å². The molecule has 2 amide bonds. The van der Waals surface area contributed by atoms with Gasteiger partial charge in [0.1, 0.15) is 0 Å². The minimum Gasteiger partial charge on any atom is -0.389 e. The van der Waals surface area contributed by atoms with Crippen LogP contribution in [-0.2, 0) is 16.7 Å². The Balaban J connectivity index is 1.54. The van der Waals surface area contributed by atoms with E-state index in [9.17, 15) is 9.59 Å². The number of nitrogens with zero attached hydrogens (tertiary/aromatic N) is 4. The number of carbonyl (C=O) groups is 2. The number of fused-ring (bicyclic) bond motifs is 2. The zero-order valence-electron chi connectivity index (χ0n) is 14.5. The van der Waals surface area contributed by atoms with E-state index in [1.807, 2.05) is 42.1 Å². The number of rotatable bonds is 2. The first kappa shape index (κ1) is 15.7. The molecular weight excluding hydrogens is 320 g/mol. The van der Waals surface area contributed by atoms with E-state index >= 15 is 0 Å². The van der Waals surface area contributed by atoms with Crippen LogP contribution < -0.4 is 0 Å². The lowest BCUT2D eigenvalue weighted by atomic mass is 10.00. The molecule has 2 aromatic rings. The van der Waals surface area contributed by atoms with Crippen LogP contribution in [0.1, 0.15) is 10.4 Å². The Bertz CT molecular complexity index is 899. The van der Waals surface area contributed by atoms with Crippen LogP contribution in [0.2, 0.25) is 0 Å². The normalized spacial score (nSPS) is 21.9. The lowest BCUT2D eigenvalue weighted by molar-refractivity contribution is -0.122. The van der Waals surface area contributed by atoms with Crippen LogP contribution in [0.5, 0.6) is 0 Å². The highest BCUT2D eigenvalue weighted by Gasteiger charge is 2.46. The van der Waals surface area contributed by atoms with Crippen LogP contribution in [-0.4, -0.2) is 65.2 Å². The maximum atomic E-state index is 12.9. The van der Waals surface area contributed by atoms with E-state index in [4.69, 9.17) is 4.84 Å². The minimum absolute atomic E-state index is 0.0413. The molecule has 0 unspecified atom stereocenters. The van der Waals surface area contributed by atoms with Crippen LogP contribution >= 0.6 is 0 Å². The van der Waals surface area contributed by atoms with E-state index in [1.54, 1.807) is 19.0 Å². The highest BCUT2D eigenvalue weighted by Crippen LogP contribution is 2.29. The van der Waals surface area contributed by atoms with Gasteiger partial charge in [-0.2, -0.15) is 0 Å². The second kappa shape index (κ2) is 5.61. The summed E-state index contributed by atoms with van der Waals surface area (Å²) in [7, 11) is 5.35. The maximum Gasteiger partial charge on any atom is 0.271 e. The summed E-state index contributed by atoms with van der Waals surface area (Å²) >= 11 is 0. The molecule has 0 N–H and O–H groups in total.